The van der Waals surface area contributed by atoms with Crippen LogP contribution in [0.25, 0.3) is 0 Å². The number of fused-ring (bicyclic) bond motifs is 1. The lowest BCUT2D eigenvalue weighted by molar-refractivity contribution is -0.162. The molecule has 10 heteroatoms. The Hall–Kier alpha value is -4.28. The Morgan fingerprint density at radius 2 is 1.71 bits per heavy atom. The zero-order valence-electron chi connectivity index (χ0n) is 28.0. The van der Waals surface area contributed by atoms with E-state index in [1.54, 1.807) is 24.0 Å². The van der Waals surface area contributed by atoms with Gasteiger partial charge in [0.1, 0.15) is 17.7 Å². The number of nitrogens with one attached hydrogen (secondary N) is 1. The number of esters is 1. The number of aliphatic hydroxyl groups excluding tert-OH is 1. The van der Waals surface area contributed by atoms with Crippen molar-refractivity contribution in [1.82, 2.24) is 15.1 Å². The minimum absolute atomic E-state index is 0.199. The Kier molecular flexibility index (Phi) is 10.9. The van der Waals surface area contributed by atoms with Gasteiger partial charge in [-0.1, -0.05) is 72.8 Å². The Balaban J connectivity index is 1.52. The second kappa shape index (κ2) is 14.9. The third-order valence-corrected chi connectivity index (χ3v) is 9.96. The highest BCUT2D eigenvalue weighted by atomic mass is 16.6. The molecule has 1 spiro atoms. The number of nitrogens with zero attached hydrogens (tertiary/aromatic N) is 2. The van der Waals surface area contributed by atoms with E-state index >= 15 is 0 Å². The highest BCUT2D eigenvalue weighted by Gasteiger charge is 2.76. The van der Waals surface area contributed by atoms with Gasteiger partial charge in [-0.3, -0.25) is 19.2 Å². The molecule has 3 heterocycles. The van der Waals surface area contributed by atoms with Crippen LogP contribution in [0.2, 0.25) is 0 Å². The first-order valence-corrected chi connectivity index (χ1v) is 16.8. The lowest BCUT2D eigenvalue weighted by atomic mass is 9.70. The predicted octanol–water partition coefficient (Wildman–Crippen LogP) is 4.27. The van der Waals surface area contributed by atoms with Crippen molar-refractivity contribution >= 4 is 23.7 Å². The second-order valence-corrected chi connectivity index (χ2v) is 13.2. The highest BCUT2D eigenvalue weighted by molar-refractivity contribution is 5.98. The number of aliphatic hydroxyl groups is 1. The summed E-state index contributed by atoms with van der Waals surface area (Å²) >= 11 is 0. The van der Waals surface area contributed by atoms with Crippen molar-refractivity contribution in [3.05, 3.63) is 97.1 Å². The molecule has 2 bridgehead atoms. The normalized spacial score (nSPS) is 26.0. The number of rotatable bonds is 15. The number of allylic oxidation sites excluding steroid dienone is 1. The number of benzene rings is 2. The van der Waals surface area contributed by atoms with E-state index < -0.39 is 66.3 Å². The Morgan fingerprint density at radius 1 is 1.06 bits per heavy atom. The van der Waals surface area contributed by atoms with Gasteiger partial charge in [-0.25, -0.2) is 0 Å². The minimum Gasteiger partial charge on any atom is -0.455 e. The number of likely N-dealkylation sites (tertiary alicyclic amines) is 1. The van der Waals surface area contributed by atoms with Gasteiger partial charge in [0.05, 0.1) is 36.6 Å². The summed E-state index contributed by atoms with van der Waals surface area (Å²) in [4.78, 5) is 59.4. The summed E-state index contributed by atoms with van der Waals surface area (Å²) < 4.78 is 12.9. The molecule has 2 N–H and O–H groups in total. The molecule has 3 aliphatic rings. The first kappa shape index (κ1) is 35.0. The number of amides is 3. The summed E-state index contributed by atoms with van der Waals surface area (Å²) in [6.45, 7) is 12.9. The first-order valence-electron chi connectivity index (χ1n) is 16.8. The third kappa shape index (κ3) is 6.43. The van der Waals surface area contributed by atoms with E-state index in [0.29, 0.717) is 30.4 Å². The molecule has 3 fully saturated rings. The fourth-order valence-electron chi connectivity index (χ4n) is 7.80. The van der Waals surface area contributed by atoms with Crippen LogP contribution in [-0.4, -0.2) is 81.6 Å². The van der Waals surface area contributed by atoms with Gasteiger partial charge in [0, 0.05) is 19.0 Å². The number of hydrogen-bond acceptors (Lipinski definition) is 7. The van der Waals surface area contributed by atoms with E-state index in [0.717, 1.165) is 0 Å². The molecule has 0 radical (unpaired) electrons. The smallest absolute Gasteiger partial charge is 0.313 e. The molecular formula is C38H47N3O7. The molecule has 3 amide bonds. The van der Waals surface area contributed by atoms with E-state index in [9.17, 15) is 24.3 Å². The summed E-state index contributed by atoms with van der Waals surface area (Å²) in [5.41, 5.74) is 0.0717. The molecule has 2 aromatic carbocycles. The van der Waals surface area contributed by atoms with E-state index in [4.69, 9.17) is 9.47 Å². The van der Waals surface area contributed by atoms with E-state index in [-0.39, 0.29) is 30.8 Å². The number of ether oxygens (including phenoxy) is 2. The van der Waals surface area contributed by atoms with E-state index in [2.05, 4.69) is 18.5 Å². The average Bonchev–Trinajstić information content (AvgIpc) is 3.73. The largest absolute Gasteiger partial charge is 0.455 e. The third-order valence-electron chi connectivity index (χ3n) is 9.96. The lowest BCUT2D eigenvalue weighted by Crippen LogP contribution is -2.58. The van der Waals surface area contributed by atoms with Crippen LogP contribution in [0.1, 0.15) is 69.7 Å². The SMILES string of the molecule is C=CCCC(=O)N[C@@H](C)[C@H](OC(=O)[C@@H]1[C@@H]2CC[C@]3(O2)[C@H](C(=O)N(CC=C)C(C)C)N([C@H](CO)c2ccccc2)C(=O)[C@@H]13)c1ccccc1. The fourth-order valence-corrected chi connectivity index (χ4v) is 7.80. The fraction of sp³-hybridized carbons (Fsp3) is 0.474. The molecule has 0 aliphatic carbocycles. The molecule has 0 saturated carbocycles. The average molecular weight is 658 g/mol. The molecular weight excluding hydrogens is 610 g/mol. The number of carbonyl (C=O) groups excluding carboxylic acids is 4. The minimum atomic E-state index is -1.29. The lowest BCUT2D eigenvalue weighted by Gasteiger charge is -2.40. The Morgan fingerprint density at radius 3 is 2.29 bits per heavy atom. The predicted molar refractivity (Wildman–Crippen MR) is 180 cm³/mol. The topological polar surface area (TPSA) is 125 Å². The maximum atomic E-state index is 14.7. The van der Waals surface area contributed by atoms with Crippen LogP contribution < -0.4 is 5.32 Å². The molecule has 3 aliphatic heterocycles. The molecule has 2 aromatic rings. The zero-order chi connectivity index (χ0) is 34.6. The van der Waals surface area contributed by atoms with Gasteiger partial charge in [-0.05, 0) is 51.2 Å². The molecule has 0 unspecified atom stereocenters. The zero-order valence-corrected chi connectivity index (χ0v) is 28.0. The van der Waals surface area contributed by atoms with Crippen LogP contribution in [0.5, 0.6) is 0 Å². The first-order chi connectivity index (χ1) is 23.1. The van der Waals surface area contributed by atoms with Crippen molar-refractivity contribution in [3.8, 4) is 0 Å². The summed E-state index contributed by atoms with van der Waals surface area (Å²) in [7, 11) is 0. The van der Waals surface area contributed by atoms with Gasteiger partial charge in [0.15, 0.2) is 0 Å². The van der Waals surface area contributed by atoms with Crippen LogP contribution in [-0.2, 0) is 28.7 Å². The van der Waals surface area contributed by atoms with Crippen molar-refractivity contribution in [2.24, 2.45) is 11.8 Å². The summed E-state index contributed by atoms with van der Waals surface area (Å²) in [6, 6.07) is 15.5. The van der Waals surface area contributed by atoms with Crippen molar-refractivity contribution in [2.75, 3.05) is 13.2 Å². The summed E-state index contributed by atoms with van der Waals surface area (Å²) in [5.74, 6) is -3.55. The van der Waals surface area contributed by atoms with Gasteiger partial charge in [-0.15, -0.1) is 13.2 Å². The van der Waals surface area contributed by atoms with Crippen LogP contribution in [0.3, 0.4) is 0 Å². The molecule has 10 nitrogen and oxygen atoms in total. The van der Waals surface area contributed by atoms with Crippen LogP contribution in [0, 0.1) is 11.8 Å². The van der Waals surface area contributed by atoms with Gasteiger partial charge in [-0.2, -0.15) is 0 Å². The standard InChI is InChI=1S/C38H47N3O7/c1-6-8-19-30(43)39-25(5)33(27-17-13-10-14-18-27)47-37(46)31-29-20-21-38(48-29)32(31)35(44)41(28(23-42)26-15-11-9-12-16-26)34(38)36(45)40(22-7-2)24(3)4/h6-7,9-18,24-25,28-29,31-34,42H,1-2,8,19-23H2,3-5H3,(H,39,43)/t25-,28+,29-,31+,32+,33-,34-,38+/m0/s1. The second-order valence-electron chi connectivity index (χ2n) is 13.2. The van der Waals surface area contributed by atoms with Gasteiger partial charge in [0.25, 0.3) is 0 Å². The van der Waals surface area contributed by atoms with E-state index in [1.165, 1.54) is 4.90 Å². The Labute approximate surface area is 282 Å². The van der Waals surface area contributed by atoms with Crippen molar-refractivity contribution < 1.29 is 33.8 Å². The van der Waals surface area contributed by atoms with Crippen LogP contribution >= 0.6 is 0 Å². The number of hydrogen-bond donors (Lipinski definition) is 2. The summed E-state index contributed by atoms with van der Waals surface area (Å²) in [5, 5.41) is 13.7. The Bertz CT molecular complexity index is 1500. The molecule has 0 aromatic heterocycles. The number of carbonyl (C=O) groups is 4. The maximum Gasteiger partial charge on any atom is 0.313 e. The molecule has 48 heavy (non-hydrogen) atoms. The quantitative estimate of drug-likeness (QED) is 0.217. The van der Waals surface area contributed by atoms with E-state index in [1.807, 2.05) is 74.5 Å². The molecule has 8 atom stereocenters. The van der Waals surface area contributed by atoms with Crippen molar-refractivity contribution in [1.29, 1.82) is 0 Å². The molecule has 256 valence electrons. The molecule has 3 saturated heterocycles. The summed E-state index contributed by atoms with van der Waals surface area (Å²) in [6.07, 6.45) is 3.46. The molecule has 5 rings (SSSR count). The highest BCUT2D eigenvalue weighted by Crippen LogP contribution is 2.60. The monoisotopic (exact) mass is 657 g/mol. The van der Waals surface area contributed by atoms with Crippen molar-refractivity contribution in [2.45, 2.75) is 88.4 Å². The van der Waals surface area contributed by atoms with Gasteiger partial charge >= 0.3 is 5.97 Å². The van der Waals surface area contributed by atoms with Crippen molar-refractivity contribution in [3.63, 3.8) is 0 Å². The van der Waals surface area contributed by atoms with Crippen LogP contribution in [0.4, 0.5) is 0 Å². The maximum absolute atomic E-state index is 14.7. The van der Waals surface area contributed by atoms with Gasteiger partial charge < -0.3 is 29.7 Å². The van der Waals surface area contributed by atoms with Gasteiger partial charge in [0.2, 0.25) is 17.7 Å². The van der Waals surface area contributed by atoms with Crippen LogP contribution in [0.15, 0.2) is 86.0 Å².